The van der Waals surface area contributed by atoms with Crippen LogP contribution in [0.5, 0.6) is 0 Å². The van der Waals surface area contributed by atoms with Gasteiger partial charge in [-0.3, -0.25) is 0 Å². The van der Waals surface area contributed by atoms with Crippen LogP contribution >= 0.6 is 35.4 Å². The van der Waals surface area contributed by atoms with Crippen molar-refractivity contribution in [3.05, 3.63) is 28.2 Å². The molecule has 4 N–H and O–H groups in total. The number of nitrogens with zero attached hydrogens (tertiary/aromatic N) is 1. The average molecular weight is 291 g/mol. The Labute approximate surface area is 115 Å². The van der Waals surface area contributed by atoms with Crippen LogP contribution in [0.4, 0.5) is 5.69 Å². The van der Waals surface area contributed by atoms with Crippen molar-refractivity contribution in [1.29, 1.82) is 0 Å². The molecule has 0 atom stereocenters. The number of benzene rings is 1. The van der Waals surface area contributed by atoms with Crippen LogP contribution in [-0.2, 0) is 0 Å². The Balaban J connectivity index is 2.70. The Bertz CT molecular complexity index is 448. The van der Waals surface area contributed by atoms with Crippen molar-refractivity contribution in [1.82, 2.24) is 5.32 Å². The number of hydrogen-bond acceptors (Lipinski definition) is 1. The molecule has 17 heavy (non-hydrogen) atoms. The smallest absolute Gasteiger partial charge is 0.200 e. The number of aliphatic imine (C=N–C) groups is 1. The van der Waals surface area contributed by atoms with Crippen molar-refractivity contribution in [3.63, 3.8) is 0 Å². The zero-order valence-electron chi connectivity index (χ0n) is 9.13. The molecular weight excluding hydrogens is 279 g/mol. The highest BCUT2D eigenvalue weighted by atomic mass is 35.5. The van der Waals surface area contributed by atoms with E-state index < -0.39 is 0 Å². The molecule has 0 fully saturated rings. The summed E-state index contributed by atoms with van der Waals surface area (Å²) in [6.45, 7) is 2.62. The molecule has 0 saturated carbocycles. The molecule has 92 valence electrons. The maximum Gasteiger partial charge on any atom is 0.200 e. The minimum atomic E-state index is 0.189. The Hall–Kier alpha value is -1.04. The maximum atomic E-state index is 5.86. The van der Waals surface area contributed by atoms with E-state index in [-0.39, 0.29) is 5.96 Å². The second-order valence-electron chi connectivity index (χ2n) is 3.09. The monoisotopic (exact) mass is 290 g/mol. The minimum absolute atomic E-state index is 0.189. The lowest BCUT2D eigenvalue weighted by molar-refractivity contribution is 0.972. The molecule has 4 nitrogen and oxygen atoms in total. The molecule has 0 saturated heterocycles. The van der Waals surface area contributed by atoms with E-state index in [1.807, 2.05) is 6.92 Å². The summed E-state index contributed by atoms with van der Waals surface area (Å²) in [7, 11) is 0. The summed E-state index contributed by atoms with van der Waals surface area (Å²) in [4.78, 5) is 3.94. The number of anilines is 1. The summed E-state index contributed by atoms with van der Waals surface area (Å²) in [5, 5.41) is 6.97. The SMILES string of the molecule is CCNC(=S)/N=C(\N)Nc1ccc(Cl)c(Cl)c1. The van der Waals surface area contributed by atoms with Gasteiger partial charge in [0.05, 0.1) is 10.0 Å². The van der Waals surface area contributed by atoms with Crippen LogP contribution in [0.1, 0.15) is 6.92 Å². The molecule has 1 rings (SSSR count). The number of thiocarbonyl (C=S) groups is 1. The molecule has 0 aliphatic rings. The van der Waals surface area contributed by atoms with E-state index >= 15 is 0 Å². The minimum Gasteiger partial charge on any atom is -0.369 e. The summed E-state index contributed by atoms with van der Waals surface area (Å²) in [6.07, 6.45) is 0. The predicted octanol–water partition coefficient (Wildman–Crippen LogP) is 2.61. The average Bonchev–Trinajstić information content (AvgIpc) is 2.23. The van der Waals surface area contributed by atoms with Crippen LogP contribution in [0.25, 0.3) is 0 Å². The van der Waals surface area contributed by atoms with Crippen molar-refractivity contribution in [2.45, 2.75) is 6.92 Å². The van der Waals surface area contributed by atoms with Crippen LogP contribution in [0.15, 0.2) is 23.2 Å². The number of halogens is 2. The normalized spacial score (nSPS) is 11.1. The molecule has 1 aromatic carbocycles. The van der Waals surface area contributed by atoms with Crippen LogP contribution < -0.4 is 16.4 Å². The van der Waals surface area contributed by atoms with Crippen LogP contribution in [0, 0.1) is 0 Å². The topological polar surface area (TPSA) is 62.4 Å². The van der Waals surface area contributed by atoms with Gasteiger partial charge in [0.15, 0.2) is 5.11 Å². The molecule has 0 bridgehead atoms. The van der Waals surface area contributed by atoms with Crippen LogP contribution in [0.2, 0.25) is 10.0 Å². The van der Waals surface area contributed by atoms with Crippen LogP contribution in [0.3, 0.4) is 0 Å². The van der Waals surface area contributed by atoms with Gasteiger partial charge < -0.3 is 16.4 Å². The van der Waals surface area contributed by atoms with Gasteiger partial charge in [0.2, 0.25) is 5.96 Å². The Morgan fingerprint density at radius 3 is 2.71 bits per heavy atom. The fourth-order valence-corrected chi connectivity index (χ4v) is 1.59. The molecule has 1 aromatic rings. The van der Waals surface area contributed by atoms with Gasteiger partial charge in [-0.1, -0.05) is 23.2 Å². The predicted molar refractivity (Wildman–Crippen MR) is 78.0 cm³/mol. The van der Waals surface area contributed by atoms with Gasteiger partial charge in [0.25, 0.3) is 0 Å². The highest BCUT2D eigenvalue weighted by molar-refractivity contribution is 7.80. The molecular formula is C10H12Cl2N4S. The molecule has 0 radical (unpaired) electrons. The standard InChI is InChI=1S/C10H12Cl2N4S/c1-2-14-10(17)16-9(13)15-6-3-4-7(11)8(12)5-6/h3-5H,2H2,1H3,(H4,13,14,15,16,17). The summed E-state index contributed by atoms with van der Waals surface area (Å²) in [5.41, 5.74) is 6.35. The van der Waals surface area contributed by atoms with Crippen molar-refractivity contribution >= 4 is 52.2 Å². The zero-order chi connectivity index (χ0) is 12.8. The summed E-state index contributed by atoms with van der Waals surface area (Å²) < 4.78 is 0. The van der Waals surface area contributed by atoms with Gasteiger partial charge in [-0.2, -0.15) is 4.99 Å². The Kier molecular flexibility index (Phi) is 5.47. The molecule has 0 spiro atoms. The van der Waals surface area contributed by atoms with Gasteiger partial charge in [0, 0.05) is 12.2 Å². The molecule has 0 aromatic heterocycles. The first kappa shape index (κ1) is 14.0. The number of rotatable bonds is 2. The number of nitrogens with two attached hydrogens (primary N) is 1. The fraction of sp³-hybridized carbons (Fsp3) is 0.200. The maximum absolute atomic E-state index is 5.86. The summed E-state index contributed by atoms with van der Waals surface area (Å²) >= 11 is 16.6. The van der Waals surface area contributed by atoms with Crippen molar-refractivity contribution in [2.75, 3.05) is 11.9 Å². The van der Waals surface area contributed by atoms with Crippen LogP contribution in [-0.4, -0.2) is 17.6 Å². The fourth-order valence-electron chi connectivity index (χ4n) is 1.05. The lowest BCUT2D eigenvalue weighted by Gasteiger charge is -2.07. The van der Waals surface area contributed by atoms with Gasteiger partial charge >= 0.3 is 0 Å². The Morgan fingerprint density at radius 2 is 2.12 bits per heavy atom. The number of guanidine groups is 1. The summed E-state index contributed by atoms with van der Waals surface area (Å²) in [6, 6.07) is 5.07. The van der Waals surface area contributed by atoms with E-state index in [1.165, 1.54) is 0 Å². The Morgan fingerprint density at radius 1 is 1.41 bits per heavy atom. The largest absolute Gasteiger partial charge is 0.369 e. The van der Waals surface area contributed by atoms with E-state index in [1.54, 1.807) is 18.2 Å². The third kappa shape index (κ3) is 4.77. The number of hydrogen-bond donors (Lipinski definition) is 3. The van der Waals surface area contributed by atoms with E-state index in [0.717, 1.165) is 0 Å². The second-order valence-corrected chi connectivity index (χ2v) is 4.29. The van der Waals surface area contributed by atoms with Gasteiger partial charge in [-0.05, 0) is 37.3 Å². The first-order valence-corrected chi connectivity index (χ1v) is 6.03. The van der Waals surface area contributed by atoms with E-state index in [9.17, 15) is 0 Å². The third-order valence-corrected chi connectivity index (χ3v) is 2.72. The highest BCUT2D eigenvalue weighted by Crippen LogP contribution is 2.24. The van der Waals surface area contributed by atoms with Crippen molar-refractivity contribution < 1.29 is 0 Å². The lowest BCUT2D eigenvalue weighted by Crippen LogP contribution is -2.27. The molecule has 0 aliphatic heterocycles. The summed E-state index contributed by atoms with van der Waals surface area (Å²) in [5.74, 6) is 0.189. The highest BCUT2D eigenvalue weighted by Gasteiger charge is 2.01. The van der Waals surface area contributed by atoms with Crippen molar-refractivity contribution in [2.24, 2.45) is 10.7 Å². The molecule has 0 amide bonds. The first-order valence-electron chi connectivity index (χ1n) is 4.87. The van der Waals surface area contributed by atoms with Gasteiger partial charge in [-0.25, -0.2) is 0 Å². The number of nitrogens with one attached hydrogen (secondary N) is 2. The zero-order valence-corrected chi connectivity index (χ0v) is 11.5. The van der Waals surface area contributed by atoms with Gasteiger partial charge in [0.1, 0.15) is 0 Å². The van der Waals surface area contributed by atoms with E-state index in [4.69, 9.17) is 41.2 Å². The third-order valence-electron chi connectivity index (χ3n) is 1.74. The van der Waals surface area contributed by atoms with E-state index in [2.05, 4.69) is 15.6 Å². The van der Waals surface area contributed by atoms with Gasteiger partial charge in [-0.15, -0.1) is 0 Å². The quantitative estimate of drug-likeness (QED) is 0.445. The lowest BCUT2D eigenvalue weighted by atomic mass is 10.3. The first-order chi connectivity index (χ1) is 8.02. The van der Waals surface area contributed by atoms with E-state index in [0.29, 0.717) is 27.4 Å². The molecule has 7 heteroatoms. The molecule has 0 aliphatic carbocycles. The second kappa shape index (κ2) is 6.64. The molecule has 0 heterocycles. The van der Waals surface area contributed by atoms with Crippen molar-refractivity contribution in [3.8, 4) is 0 Å². The molecule has 0 unspecified atom stereocenters.